The van der Waals surface area contributed by atoms with Crippen LogP contribution in [0.5, 0.6) is 0 Å². The van der Waals surface area contributed by atoms with E-state index in [0.29, 0.717) is 37.0 Å². The van der Waals surface area contributed by atoms with Crippen LogP contribution in [0.1, 0.15) is 32.8 Å². The summed E-state index contributed by atoms with van der Waals surface area (Å²) in [7, 11) is 0. The summed E-state index contributed by atoms with van der Waals surface area (Å²) < 4.78 is 0. The predicted octanol–water partition coefficient (Wildman–Crippen LogP) is 2.85. The lowest BCUT2D eigenvalue weighted by Gasteiger charge is -2.21. The van der Waals surface area contributed by atoms with E-state index in [1.54, 1.807) is 17.0 Å². The topological polar surface area (TPSA) is 49.4 Å². The van der Waals surface area contributed by atoms with Crippen molar-refractivity contribution in [2.45, 2.75) is 33.7 Å². The SMILES string of the molecule is CC(=O)N(CCNC(=O)CC(C)C)Cc1ccc(Cl)cc1. The number of nitrogens with one attached hydrogen (secondary N) is 1. The van der Waals surface area contributed by atoms with Crippen molar-refractivity contribution in [2.24, 2.45) is 5.92 Å². The van der Waals surface area contributed by atoms with Crippen molar-refractivity contribution in [1.29, 1.82) is 0 Å². The first-order valence-electron chi connectivity index (χ1n) is 7.15. The Balaban J connectivity index is 2.45. The number of amides is 2. The standard InChI is InChI=1S/C16H23ClN2O2/c1-12(2)10-16(21)18-8-9-19(13(3)20)11-14-4-6-15(17)7-5-14/h4-7,12H,8-11H2,1-3H3,(H,18,21). The molecule has 0 unspecified atom stereocenters. The van der Waals surface area contributed by atoms with Gasteiger partial charge in [-0.1, -0.05) is 37.6 Å². The fourth-order valence-corrected chi connectivity index (χ4v) is 2.06. The maximum Gasteiger partial charge on any atom is 0.220 e. The van der Waals surface area contributed by atoms with E-state index >= 15 is 0 Å². The molecule has 21 heavy (non-hydrogen) atoms. The third kappa shape index (κ3) is 7.14. The first-order valence-corrected chi connectivity index (χ1v) is 7.53. The van der Waals surface area contributed by atoms with Gasteiger partial charge >= 0.3 is 0 Å². The monoisotopic (exact) mass is 310 g/mol. The molecule has 0 aliphatic rings. The number of halogens is 1. The third-order valence-electron chi connectivity index (χ3n) is 3.03. The number of nitrogens with zero attached hydrogens (tertiary/aromatic N) is 1. The quantitative estimate of drug-likeness (QED) is 0.842. The number of hydrogen-bond acceptors (Lipinski definition) is 2. The van der Waals surface area contributed by atoms with Crippen LogP contribution in [0.3, 0.4) is 0 Å². The highest BCUT2D eigenvalue weighted by molar-refractivity contribution is 6.30. The molecule has 0 atom stereocenters. The molecular weight excluding hydrogens is 288 g/mol. The maximum atomic E-state index is 11.7. The second-order valence-corrected chi connectivity index (χ2v) is 5.95. The summed E-state index contributed by atoms with van der Waals surface area (Å²) in [6.45, 7) is 7.03. The molecule has 0 bridgehead atoms. The molecule has 0 aliphatic carbocycles. The molecule has 116 valence electrons. The van der Waals surface area contributed by atoms with Gasteiger partial charge in [0.1, 0.15) is 0 Å². The van der Waals surface area contributed by atoms with Crippen LogP contribution in [-0.4, -0.2) is 29.8 Å². The zero-order valence-corrected chi connectivity index (χ0v) is 13.6. The summed E-state index contributed by atoms with van der Waals surface area (Å²) in [5.74, 6) is 0.353. The molecule has 0 spiro atoms. The van der Waals surface area contributed by atoms with E-state index in [1.165, 1.54) is 6.92 Å². The molecule has 0 saturated carbocycles. The molecular formula is C16H23ClN2O2. The van der Waals surface area contributed by atoms with Gasteiger partial charge in [-0.05, 0) is 23.6 Å². The first kappa shape index (κ1) is 17.5. The summed E-state index contributed by atoms with van der Waals surface area (Å²) in [4.78, 5) is 24.9. The first-order chi connectivity index (χ1) is 9.88. The van der Waals surface area contributed by atoms with Crippen molar-refractivity contribution in [1.82, 2.24) is 10.2 Å². The van der Waals surface area contributed by atoms with Crippen molar-refractivity contribution in [3.05, 3.63) is 34.9 Å². The normalized spacial score (nSPS) is 10.5. The Hall–Kier alpha value is -1.55. The maximum absolute atomic E-state index is 11.7. The van der Waals surface area contributed by atoms with E-state index in [1.807, 2.05) is 26.0 Å². The molecule has 1 aromatic carbocycles. The minimum atomic E-state index is -0.0111. The van der Waals surface area contributed by atoms with Crippen LogP contribution >= 0.6 is 11.6 Å². The number of carbonyl (C=O) groups excluding carboxylic acids is 2. The molecule has 0 heterocycles. The van der Waals surface area contributed by atoms with E-state index in [2.05, 4.69) is 5.32 Å². The molecule has 1 aromatic rings. The minimum Gasteiger partial charge on any atom is -0.354 e. The smallest absolute Gasteiger partial charge is 0.220 e. The Morgan fingerprint density at radius 3 is 2.38 bits per heavy atom. The van der Waals surface area contributed by atoms with Crippen molar-refractivity contribution in [3.63, 3.8) is 0 Å². The van der Waals surface area contributed by atoms with Gasteiger partial charge in [0.2, 0.25) is 11.8 Å². The van der Waals surface area contributed by atoms with Crippen LogP contribution < -0.4 is 5.32 Å². The molecule has 0 aliphatic heterocycles. The fourth-order valence-electron chi connectivity index (χ4n) is 1.93. The molecule has 1 rings (SSSR count). The van der Waals surface area contributed by atoms with Gasteiger partial charge in [0.15, 0.2) is 0 Å². The van der Waals surface area contributed by atoms with E-state index in [-0.39, 0.29) is 11.8 Å². The zero-order chi connectivity index (χ0) is 15.8. The van der Waals surface area contributed by atoms with Crippen LogP contribution in [0.25, 0.3) is 0 Å². The highest BCUT2D eigenvalue weighted by atomic mass is 35.5. The highest BCUT2D eigenvalue weighted by Crippen LogP contribution is 2.11. The summed E-state index contributed by atoms with van der Waals surface area (Å²) in [5, 5.41) is 3.52. The predicted molar refractivity (Wildman–Crippen MR) is 85.0 cm³/mol. The van der Waals surface area contributed by atoms with Crippen LogP contribution in [0, 0.1) is 5.92 Å². The van der Waals surface area contributed by atoms with E-state index in [4.69, 9.17) is 11.6 Å². The van der Waals surface area contributed by atoms with Gasteiger partial charge in [0.25, 0.3) is 0 Å². The molecule has 5 heteroatoms. The third-order valence-corrected chi connectivity index (χ3v) is 3.28. The average Bonchev–Trinajstić information content (AvgIpc) is 2.39. The summed E-state index contributed by atoms with van der Waals surface area (Å²) in [6.07, 6.45) is 0.511. The van der Waals surface area contributed by atoms with Gasteiger partial charge in [-0.2, -0.15) is 0 Å². The van der Waals surface area contributed by atoms with Gasteiger partial charge in [-0.15, -0.1) is 0 Å². The van der Waals surface area contributed by atoms with Crippen molar-refractivity contribution >= 4 is 23.4 Å². The van der Waals surface area contributed by atoms with Crippen molar-refractivity contribution in [3.8, 4) is 0 Å². The largest absolute Gasteiger partial charge is 0.354 e. The average molecular weight is 311 g/mol. The summed E-state index contributed by atoms with van der Waals surface area (Å²) >= 11 is 5.84. The fraction of sp³-hybridized carbons (Fsp3) is 0.500. The van der Waals surface area contributed by atoms with E-state index in [0.717, 1.165) is 5.56 Å². The molecule has 2 amide bonds. The lowest BCUT2D eigenvalue weighted by atomic mass is 10.1. The Morgan fingerprint density at radius 1 is 1.24 bits per heavy atom. The molecule has 0 aromatic heterocycles. The van der Waals surface area contributed by atoms with Crippen LogP contribution in [-0.2, 0) is 16.1 Å². The van der Waals surface area contributed by atoms with Gasteiger partial charge in [0, 0.05) is 38.0 Å². The Morgan fingerprint density at radius 2 is 1.86 bits per heavy atom. The van der Waals surface area contributed by atoms with Gasteiger partial charge < -0.3 is 10.2 Å². The Labute approximate surface area is 131 Å². The lowest BCUT2D eigenvalue weighted by molar-refractivity contribution is -0.130. The minimum absolute atomic E-state index is 0.0111. The van der Waals surface area contributed by atoms with E-state index in [9.17, 15) is 9.59 Å². The van der Waals surface area contributed by atoms with Crippen molar-refractivity contribution < 1.29 is 9.59 Å². The van der Waals surface area contributed by atoms with Crippen LogP contribution in [0.4, 0.5) is 0 Å². The molecule has 0 radical (unpaired) electrons. The number of rotatable bonds is 7. The molecule has 4 nitrogen and oxygen atoms in total. The van der Waals surface area contributed by atoms with Gasteiger partial charge in [0.05, 0.1) is 0 Å². The molecule has 0 saturated heterocycles. The molecule has 0 fully saturated rings. The van der Waals surface area contributed by atoms with Gasteiger partial charge in [-0.3, -0.25) is 9.59 Å². The Kier molecular flexibility index (Phi) is 7.23. The number of carbonyl (C=O) groups is 2. The number of benzene rings is 1. The van der Waals surface area contributed by atoms with Crippen molar-refractivity contribution in [2.75, 3.05) is 13.1 Å². The highest BCUT2D eigenvalue weighted by Gasteiger charge is 2.10. The summed E-state index contributed by atoms with van der Waals surface area (Å²) in [5.41, 5.74) is 1.02. The number of hydrogen-bond donors (Lipinski definition) is 1. The Bertz CT molecular complexity index is 472. The summed E-state index contributed by atoms with van der Waals surface area (Å²) in [6, 6.07) is 7.41. The van der Waals surface area contributed by atoms with Crippen LogP contribution in [0.2, 0.25) is 5.02 Å². The van der Waals surface area contributed by atoms with E-state index < -0.39 is 0 Å². The van der Waals surface area contributed by atoms with Gasteiger partial charge in [-0.25, -0.2) is 0 Å². The molecule has 1 N–H and O–H groups in total. The second-order valence-electron chi connectivity index (χ2n) is 5.51. The van der Waals surface area contributed by atoms with Crippen LogP contribution in [0.15, 0.2) is 24.3 Å². The second kappa shape index (κ2) is 8.67. The zero-order valence-electron chi connectivity index (χ0n) is 12.9. The lowest BCUT2D eigenvalue weighted by Crippen LogP contribution is -2.37.